The number of amides is 2. The minimum Gasteiger partial charge on any atom is -0.480 e. The lowest BCUT2D eigenvalue weighted by atomic mass is 9.99. The number of carbonyl (C=O) groups is 4. The SMILES string of the molecule is CCC(=O)CCCCCC(C(=O)ONNC(=O)c1cc2ccccc2nc1OC)N(C(=O)O)C(C)(C)C. The number of methoxy groups -OCH3 is 1. The molecule has 0 spiro atoms. The molecule has 0 saturated heterocycles. The number of para-hydroxylation sites is 1. The molecule has 0 fully saturated rings. The van der Waals surface area contributed by atoms with Gasteiger partial charge in [0.15, 0.2) is 0 Å². The van der Waals surface area contributed by atoms with Crippen molar-refractivity contribution in [1.29, 1.82) is 0 Å². The van der Waals surface area contributed by atoms with Gasteiger partial charge < -0.3 is 14.7 Å². The zero-order valence-electron chi connectivity index (χ0n) is 22.0. The van der Waals surface area contributed by atoms with Crippen molar-refractivity contribution in [2.45, 2.75) is 77.8 Å². The molecular weight excluding hydrogens is 480 g/mol. The number of nitrogens with zero attached hydrogens (tertiary/aromatic N) is 2. The molecule has 37 heavy (non-hydrogen) atoms. The third-order valence-corrected chi connectivity index (χ3v) is 5.78. The Morgan fingerprint density at radius 1 is 1.11 bits per heavy atom. The molecule has 1 heterocycles. The van der Waals surface area contributed by atoms with E-state index < -0.39 is 29.6 Å². The van der Waals surface area contributed by atoms with E-state index in [1.54, 1.807) is 45.9 Å². The van der Waals surface area contributed by atoms with E-state index in [1.165, 1.54) is 7.11 Å². The van der Waals surface area contributed by atoms with Gasteiger partial charge in [0.1, 0.15) is 17.4 Å². The third-order valence-electron chi connectivity index (χ3n) is 5.78. The maximum atomic E-state index is 12.9. The van der Waals surface area contributed by atoms with Gasteiger partial charge in [0.25, 0.3) is 5.91 Å². The summed E-state index contributed by atoms with van der Waals surface area (Å²) in [6.45, 7) is 6.83. The number of carbonyl (C=O) groups excluding carboxylic acids is 3. The molecule has 0 radical (unpaired) electrons. The first-order valence-electron chi connectivity index (χ1n) is 12.2. The summed E-state index contributed by atoms with van der Waals surface area (Å²) in [5.74, 6) is -1.28. The number of ether oxygens (including phenoxy) is 1. The van der Waals surface area contributed by atoms with Crippen LogP contribution in [0.5, 0.6) is 5.88 Å². The van der Waals surface area contributed by atoms with E-state index in [2.05, 4.69) is 16.0 Å². The second kappa shape index (κ2) is 13.5. The third kappa shape index (κ3) is 8.42. The smallest absolute Gasteiger partial charge is 0.408 e. The fourth-order valence-electron chi connectivity index (χ4n) is 3.93. The first kappa shape index (κ1) is 29.5. The quantitative estimate of drug-likeness (QED) is 0.265. The molecule has 11 heteroatoms. The summed E-state index contributed by atoms with van der Waals surface area (Å²) in [4.78, 5) is 59.6. The van der Waals surface area contributed by atoms with Gasteiger partial charge in [-0.15, -0.1) is 0 Å². The van der Waals surface area contributed by atoms with E-state index in [0.717, 1.165) is 4.90 Å². The number of unbranched alkanes of at least 4 members (excludes halogenated alkanes) is 2. The largest absolute Gasteiger partial charge is 0.480 e. The lowest BCUT2D eigenvalue weighted by Crippen LogP contribution is -2.55. The fraction of sp³-hybridized carbons (Fsp3) is 0.500. The summed E-state index contributed by atoms with van der Waals surface area (Å²) in [7, 11) is 1.39. The van der Waals surface area contributed by atoms with Crippen LogP contribution >= 0.6 is 0 Å². The highest BCUT2D eigenvalue weighted by atomic mass is 16.7. The van der Waals surface area contributed by atoms with Crippen LogP contribution in [0.1, 0.15) is 76.6 Å². The zero-order chi connectivity index (χ0) is 27.6. The van der Waals surface area contributed by atoms with Gasteiger partial charge in [0.2, 0.25) is 5.88 Å². The second-order valence-corrected chi connectivity index (χ2v) is 9.55. The van der Waals surface area contributed by atoms with Crippen molar-refractivity contribution in [3.8, 4) is 5.88 Å². The van der Waals surface area contributed by atoms with Crippen molar-refractivity contribution < 1.29 is 33.9 Å². The van der Waals surface area contributed by atoms with Gasteiger partial charge >= 0.3 is 12.1 Å². The Morgan fingerprint density at radius 2 is 1.81 bits per heavy atom. The maximum Gasteiger partial charge on any atom is 0.408 e. The van der Waals surface area contributed by atoms with Crippen LogP contribution in [0.15, 0.2) is 30.3 Å². The van der Waals surface area contributed by atoms with Gasteiger partial charge in [0.05, 0.1) is 12.6 Å². The van der Waals surface area contributed by atoms with Gasteiger partial charge in [0, 0.05) is 23.8 Å². The van der Waals surface area contributed by atoms with E-state index in [0.29, 0.717) is 43.0 Å². The molecule has 3 N–H and O–H groups in total. The summed E-state index contributed by atoms with van der Waals surface area (Å²) < 4.78 is 5.22. The Hall–Kier alpha value is -3.73. The molecule has 202 valence electrons. The predicted molar refractivity (Wildman–Crippen MR) is 137 cm³/mol. The molecule has 0 aliphatic rings. The van der Waals surface area contributed by atoms with Gasteiger partial charge in [-0.1, -0.05) is 43.6 Å². The molecule has 2 aromatic rings. The number of hydrazine groups is 1. The number of benzene rings is 1. The maximum absolute atomic E-state index is 12.9. The van der Waals surface area contributed by atoms with Crippen LogP contribution < -0.4 is 15.8 Å². The average molecular weight is 517 g/mol. The number of rotatable bonds is 13. The Balaban J connectivity index is 2.07. The Morgan fingerprint density at radius 3 is 2.43 bits per heavy atom. The standard InChI is InChI=1S/C26H36N4O7/c1-6-18(31)13-8-7-9-15-21(30(25(34)35)26(2,3)4)24(33)37-29-28-22(32)19-16-17-12-10-11-14-20(17)27-23(19)36-5/h10-12,14,16,21,29H,6-9,13,15H2,1-5H3,(H,28,32)(H,34,35). The highest BCUT2D eigenvalue weighted by molar-refractivity contribution is 5.99. The minimum atomic E-state index is -1.27. The minimum absolute atomic E-state index is 0.0912. The molecule has 1 aromatic carbocycles. The zero-order valence-corrected chi connectivity index (χ0v) is 22.0. The van der Waals surface area contributed by atoms with Crippen molar-refractivity contribution in [1.82, 2.24) is 20.9 Å². The van der Waals surface area contributed by atoms with Crippen LogP contribution in [0.2, 0.25) is 0 Å². The summed E-state index contributed by atoms with van der Waals surface area (Å²) in [5.41, 5.74) is 4.28. The number of aromatic nitrogens is 1. The normalized spacial score (nSPS) is 12.0. The number of nitrogens with one attached hydrogen (secondary N) is 2. The van der Waals surface area contributed by atoms with Crippen LogP contribution in [0, 0.1) is 0 Å². The summed E-state index contributed by atoms with van der Waals surface area (Å²) in [6, 6.07) is 7.67. The Bertz CT molecular complexity index is 1110. The number of ketones is 1. The number of hydrogen-bond donors (Lipinski definition) is 3. The van der Waals surface area contributed by atoms with Gasteiger partial charge in [-0.2, -0.15) is 0 Å². The summed E-state index contributed by atoms with van der Waals surface area (Å²) >= 11 is 0. The predicted octanol–water partition coefficient (Wildman–Crippen LogP) is 4.01. The van der Waals surface area contributed by atoms with E-state index in [-0.39, 0.29) is 23.6 Å². The lowest BCUT2D eigenvalue weighted by Gasteiger charge is -2.38. The van der Waals surface area contributed by atoms with Crippen LogP contribution in [-0.4, -0.2) is 57.4 Å². The van der Waals surface area contributed by atoms with Crippen molar-refractivity contribution in [3.63, 3.8) is 0 Å². The molecule has 1 unspecified atom stereocenters. The highest BCUT2D eigenvalue weighted by Gasteiger charge is 2.38. The van der Waals surface area contributed by atoms with Gasteiger partial charge in [-0.25, -0.2) is 14.6 Å². The van der Waals surface area contributed by atoms with Crippen LogP contribution in [0.25, 0.3) is 10.9 Å². The molecular formula is C26H36N4O7. The van der Waals surface area contributed by atoms with Crippen LogP contribution in [0.3, 0.4) is 0 Å². The molecule has 1 atom stereocenters. The number of fused-ring (bicyclic) bond motifs is 1. The van der Waals surface area contributed by atoms with Crippen molar-refractivity contribution in [2.75, 3.05) is 7.11 Å². The van der Waals surface area contributed by atoms with E-state index in [1.807, 2.05) is 12.1 Å². The average Bonchev–Trinajstić information content (AvgIpc) is 2.85. The topological polar surface area (TPSA) is 147 Å². The first-order chi connectivity index (χ1) is 17.5. The van der Waals surface area contributed by atoms with Crippen molar-refractivity contribution in [3.05, 3.63) is 35.9 Å². The molecule has 0 aliphatic heterocycles. The van der Waals surface area contributed by atoms with E-state index >= 15 is 0 Å². The molecule has 0 bridgehead atoms. The highest BCUT2D eigenvalue weighted by Crippen LogP contribution is 2.23. The molecule has 2 amide bonds. The lowest BCUT2D eigenvalue weighted by molar-refractivity contribution is -0.161. The molecule has 1 aromatic heterocycles. The van der Waals surface area contributed by atoms with Gasteiger partial charge in [-0.05, 0) is 45.7 Å². The summed E-state index contributed by atoms with van der Waals surface area (Å²) in [6.07, 6.45) is 1.69. The molecule has 2 rings (SSSR count). The number of pyridine rings is 1. The second-order valence-electron chi connectivity index (χ2n) is 9.55. The van der Waals surface area contributed by atoms with Crippen LogP contribution in [-0.2, 0) is 14.4 Å². The Labute approximate surface area is 216 Å². The fourth-order valence-corrected chi connectivity index (χ4v) is 3.93. The van der Waals surface area contributed by atoms with Crippen molar-refractivity contribution in [2.24, 2.45) is 0 Å². The van der Waals surface area contributed by atoms with Gasteiger partial charge in [-0.3, -0.25) is 19.9 Å². The van der Waals surface area contributed by atoms with Crippen molar-refractivity contribution >= 4 is 34.7 Å². The van der Waals surface area contributed by atoms with Crippen LogP contribution in [0.4, 0.5) is 4.79 Å². The number of carboxylic acid groups (broad SMARTS) is 1. The Kier molecular flexibility index (Phi) is 10.8. The molecule has 11 nitrogen and oxygen atoms in total. The number of hydrogen-bond acceptors (Lipinski definition) is 8. The van der Waals surface area contributed by atoms with E-state index in [4.69, 9.17) is 9.57 Å². The van der Waals surface area contributed by atoms with E-state index in [9.17, 15) is 24.3 Å². The summed E-state index contributed by atoms with van der Waals surface area (Å²) in [5, 5.41) is 10.5. The number of Topliss-reactive ketones (excluding diaryl/α,β-unsaturated/α-hetero) is 1. The molecule has 0 saturated carbocycles. The molecule has 0 aliphatic carbocycles. The first-order valence-corrected chi connectivity index (χ1v) is 12.2. The monoisotopic (exact) mass is 516 g/mol.